The number of nitrogens with zero attached hydrogens (tertiary/aromatic N) is 1. The Morgan fingerprint density at radius 3 is 2.73 bits per heavy atom. The maximum Gasteiger partial charge on any atom is 0.265 e. The number of thiocarbonyl (C=S) groups is 1. The molecule has 5 heteroatoms. The van der Waals surface area contributed by atoms with Gasteiger partial charge in [0.15, 0.2) is 0 Å². The Balaban J connectivity index is 2.79. The molecule has 3 nitrogen and oxygen atoms in total. The highest BCUT2D eigenvalue weighted by Gasteiger charge is 2.29. The number of amides is 1. The van der Waals surface area contributed by atoms with Crippen LogP contribution in [0.15, 0.2) is 11.5 Å². The molecule has 1 heterocycles. The van der Waals surface area contributed by atoms with Crippen LogP contribution in [0.1, 0.15) is 0 Å². The van der Waals surface area contributed by atoms with E-state index in [0.717, 1.165) is 11.8 Å². The summed E-state index contributed by atoms with van der Waals surface area (Å²) in [6.45, 7) is 3.52. The molecule has 0 aliphatic carbocycles. The van der Waals surface area contributed by atoms with Gasteiger partial charge in [0.25, 0.3) is 5.91 Å². The van der Waals surface area contributed by atoms with Crippen LogP contribution in [-0.2, 0) is 9.59 Å². The van der Waals surface area contributed by atoms with Crippen molar-refractivity contribution in [1.82, 2.24) is 4.90 Å². The Morgan fingerprint density at radius 2 is 2.36 bits per heavy atom. The van der Waals surface area contributed by atoms with E-state index < -0.39 is 0 Å². The molecule has 0 saturated carbocycles. The van der Waals surface area contributed by atoms with Crippen LogP contribution < -0.4 is 0 Å². The number of hydrogen-bond donors (Lipinski definition) is 0. The standard InChI is InChI=1S/C6H5NO2S2/c1-4-5(9)7(2-3-8)6(10)11-4/h3H,1-2H2. The molecule has 0 spiro atoms. The molecule has 0 bridgehead atoms. The predicted molar refractivity (Wildman–Crippen MR) is 47.1 cm³/mol. The number of thioether (sulfide) groups is 1. The van der Waals surface area contributed by atoms with Gasteiger partial charge in [-0.1, -0.05) is 30.6 Å². The summed E-state index contributed by atoms with van der Waals surface area (Å²) in [6, 6.07) is 0. The van der Waals surface area contributed by atoms with Gasteiger partial charge in [0.1, 0.15) is 10.6 Å². The molecule has 0 atom stereocenters. The minimum Gasteiger partial charge on any atom is -0.301 e. The first kappa shape index (κ1) is 8.42. The Bertz CT molecular complexity index is 249. The van der Waals surface area contributed by atoms with E-state index in [4.69, 9.17) is 12.2 Å². The van der Waals surface area contributed by atoms with E-state index in [1.807, 2.05) is 0 Å². The van der Waals surface area contributed by atoms with E-state index in [2.05, 4.69) is 6.58 Å². The maximum absolute atomic E-state index is 11.1. The molecule has 0 N–H and O–H groups in total. The molecule has 1 rings (SSSR count). The van der Waals surface area contributed by atoms with Crippen molar-refractivity contribution in [2.24, 2.45) is 0 Å². The summed E-state index contributed by atoms with van der Waals surface area (Å²) < 4.78 is 0.409. The van der Waals surface area contributed by atoms with E-state index in [0.29, 0.717) is 15.5 Å². The molecule has 1 saturated heterocycles. The molecule has 1 aliphatic rings. The smallest absolute Gasteiger partial charge is 0.265 e. The van der Waals surface area contributed by atoms with Gasteiger partial charge in [-0.2, -0.15) is 0 Å². The quantitative estimate of drug-likeness (QED) is 0.359. The third-order valence-corrected chi connectivity index (χ3v) is 2.46. The van der Waals surface area contributed by atoms with E-state index in [1.165, 1.54) is 4.90 Å². The van der Waals surface area contributed by atoms with Crippen LogP contribution in [-0.4, -0.2) is 28.0 Å². The number of aldehydes is 1. The van der Waals surface area contributed by atoms with Crippen molar-refractivity contribution in [1.29, 1.82) is 0 Å². The first-order valence-electron chi connectivity index (χ1n) is 2.83. The third-order valence-electron chi connectivity index (χ3n) is 1.17. The summed E-state index contributed by atoms with van der Waals surface area (Å²) in [4.78, 5) is 22.7. The van der Waals surface area contributed by atoms with Gasteiger partial charge in [-0.15, -0.1) is 0 Å². The lowest BCUT2D eigenvalue weighted by atomic mass is 10.5. The van der Waals surface area contributed by atoms with Gasteiger partial charge < -0.3 is 4.79 Å². The average molecular weight is 187 g/mol. The highest BCUT2D eigenvalue weighted by atomic mass is 32.2. The lowest BCUT2D eigenvalue weighted by Crippen LogP contribution is -2.29. The molecule has 0 aromatic carbocycles. The molecule has 1 aliphatic heterocycles. The van der Waals surface area contributed by atoms with E-state index >= 15 is 0 Å². The van der Waals surface area contributed by atoms with Crippen LogP contribution in [0.2, 0.25) is 0 Å². The Hall–Kier alpha value is -0.680. The fourth-order valence-electron chi connectivity index (χ4n) is 0.670. The van der Waals surface area contributed by atoms with Crippen molar-refractivity contribution in [3.63, 3.8) is 0 Å². The van der Waals surface area contributed by atoms with Crippen LogP contribution in [0.5, 0.6) is 0 Å². The summed E-state index contributed by atoms with van der Waals surface area (Å²) in [5.41, 5.74) is 0. The highest BCUT2D eigenvalue weighted by Crippen LogP contribution is 2.28. The van der Waals surface area contributed by atoms with Crippen molar-refractivity contribution >= 4 is 40.5 Å². The van der Waals surface area contributed by atoms with Crippen molar-refractivity contribution in [2.75, 3.05) is 6.54 Å². The van der Waals surface area contributed by atoms with Gasteiger partial charge in [0, 0.05) is 0 Å². The molecular formula is C6H5NO2S2. The highest BCUT2D eigenvalue weighted by molar-refractivity contribution is 8.26. The van der Waals surface area contributed by atoms with E-state index in [-0.39, 0.29) is 12.5 Å². The lowest BCUT2D eigenvalue weighted by Gasteiger charge is -2.08. The molecule has 11 heavy (non-hydrogen) atoms. The SMILES string of the molecule is C=C1SC(=S)N(CC=O)C1=O. The second-order valence-electron chi connectivity index (χ2n) is 1.87. The second kappa shape index (κ2) is 3.15. The second-order valence-corrected chi connectivity index (χ2v) is 3.60. The van der Waals surface area contributed by atoms with Crippen molar-refractivity contribution in [3.8, 4) is 0 Å². The first-order valence-corrected chi connectivity index (χ1v) is 4.05. The molecule has 0 aromatic heterocycles. The Kier molecular flexibility index (Phi) is 2.41. The summed E-state index contributed by atoms with van der Waals surface area (Å²) >= 11 is 5.94. The van der Waals surface area contributed by atoms with Crippen molar-refractivity contribution < 1.29 is 9.59 Å². The number of carbonyl (C=O) groups excluding carboxylic acids is 2. The summed E-state index contributed by atoms with van der Waals surface area (Å²) in [7, 11) is 0. The predicted octanol–water partition coefficient (Wildman–Crippen LogP) is 0.559. The Morgan fingerprint density at radius 1 is 1.73 bits per heavy atom. The minimum atomic E-state index is -0.257. The monoisotopic (exact) mass is 187 g/mol. The van der Waals surface area contributed by atoms with Crippen LogP contribution in [0.4, 0.5) is 0 Å². The van der Waals surface area contributed by atoms with Gasteiger partial charge >= 0.3 is 0 Å². The number of carbonyl (C=O) groups is 2. The zero-order valence-corrected chi connectivity index (χ0v) is 7.20. The summed E-state index contributed by atoms with van der Waals surface area (Å²) in [5.74, 6) is -0.257. The van der Waals surface area contributed by atoms with E-state index in [1.54, 1.807) is 0 Å². The van der Waals surface area contributed by atoms with Gasteiger partial charge in [-0.05, 0) is 0 Å². The van der Waals surface area contributed by atoms with Crippen LogP contribution in [0.25, 0.3) is 0 Å². The zero-order valence-electron chi connectivity index (χ0n) is 5.57. The van der Waals surface area contributed by atoms with E-state index in [9.17, 15) is 9.59 Å². The van der Waals surface area contributed by atoms with Crippen LogP contribution >= 0.6 is 24.0 Å². The molecular weight excluding hydrogens is 182 g/mol. The number of hydrogen-bond acceptors (Lipinski definition) is 4. The van der Waals surface area contributed by atoms with Crippen LogP contribution in [0, 0.1) is 0 Å². The molecule has 0 unspecified atom stereocenters. The Labute approximate surface area is 73.4 Å². The van der Waals surface area contributed by atoms with Gasteiger partial charge in [-0.25, -0.2) is 0 Å². The lowest BCUT2D eigenvalue weighted by molar-refractivity contribution is -0.124. The maximum atomic E-state index is 11.1. The van der Waals surface area contributed by atoms with Crippen molar-refractivity contribution in [3.05, 3.63) is 11.5 Å². The fourth-order valence-corrected chi connectivity index (χ4v) is 1.80. The third kappa shape index (κ3) is 1.49. The van der Waals surface area contributed by atoms with Crippen LogP contribution in [0.3, 0.4) is 0 Å². The summed E-state index contributed by atoms with van der Waals surface area (Å²) in [5, 5.41) is 0. The fraction of sp³-hybridized carbons (Fsp3) is 0.167. The molecule has 1 amide bonds. The molecule has 0 aromatic rings. The number of rotatable bonds is 2. The molecule has 1 fully saturated rings. The van der Waals surface area contributed by atoms with Gasteiger partial charge in [0.2, 0.25) is 0 Å². The average Bonchev–Trinajstić information content (AvgIpc) is 2.17. The van der Waals surface area contributed by atoms with Crippen molar-refractivity contribution in [2.45, 2.75) is 0 Å². The largest absolute Gasteiger partial charge is 0.301 e. The minimum absolute atomic E-state index is 0.0314. The zero-order chi connectivity index (χ0) is 8.43. The molecule has 58 valence electrons. The van der Waals surface area contributed by atoms with Gasteiger partial charge in [-0.3, -0.25) is 9.69 Å². The normalized spacial score (nSPS) is 17.8. The van der Waals surface area contributed by atoms with Gasteiger partial charge in [0.05, 0.1) is 11.4 Å². The molecule has 0 radical (unpaired) electrons. The first-order chi connectivity index (χ1) is 5.16. The topological polar surface area (TPSA) is 37.4 Å². The summed E-state index contributed by atoms with van der Waals surface area (Å²) in [6.07, 6.45) is 0.642.